The molecule has 1 aliphatic rings. The number of hydrogen-bond donors (Lipinski definition) is 1. The second-order valence-corrected chi connectivity index (χ2v) is 8.88. The minimum atomic E-state index is -0.0390. The highest BCUT2D eigenvalue weighted by atomic mass is 32.2. The summed E-state index contributed by atoms with van der Waals surface area (Å²) < 4.78 is 1.73. The summed E-state index contributed by atoms with van der Waals surface area (Å²) in [7, 11) is 0. The molecule has 1 N–H and O–H groups in total. The third kappa shape index (κ3) is 5.11. The molecule has 1 heterocycles. The van der Waals surface area contributed by atoms with Crippen molar-refractivity contribution in [3.05, 3.63) is 70.5 Å². The van der Waals surface area contributed by atoms with E-state index in [-0.39, 0.29) is 23.3 Å². The van der Waals surface area contributed by atoms with Crippen molar-refractivity contribution in [1.29, 1.82) is 0 Å². The van der Waals surface area contributed by atoms with Crippen LogP contribution in [-0.2, 0) is 17.8 Å². The molecule has 1 fully saturated rings. The van der Waals surface area contributed by atoms with Crippen molar-refractivity contribution in [3.8, 4) is 0 Å². The summed E-state index contributed by atoms with van der Waals surface area (Å²) in [6.45, 7) is 2.64. The zero-order chi connectivity index (χ0) is 20.9. The van der Waals surface area contributed by atoms with E-state index in [1.165, 1.54) is 30.2 Å². The van der Waals surface area contributed by atoms with E-state index in [0.29, 0.717) is 28.5 Å². The molecule has 0 unspecified atom stereocenters. The summed E-state index contributed by atoms with van der Waals surface area (Å²) in [6.07, 6.45) is 4.12. The Labute approximate surface area is 180 Å². The Kier molecular flexibility index (Phi) is 6.53. The fourth-order valence-corrected chi connectivity index (χ4v) is 4.52. The largest absolute Gasteiger partial charge is 0.353 e. The summed E-state index contributed by atoms with van der Waals surface area (Å²) in [4.78, 5) is 30.2. The standard InChI is InChI=1S/C24H27N3O2S/c1-17(19-13-14-19)25-22(28)16-30-24-26-21-12-6-5-11-20(21)23(29)27(24)15-7-10-18-8-3-2-4-9-18/h2-6,8-9,11-12,17,19H,7,10,13-16H2,1H3,(H,25,28)/t17-/m1/s1. The number of rotatable bonds is 9. The van der Waals surface area contributed by atoms with Gasteiger partial charge in [-0.25, -0.2) is 4.98 Å². The third-order valence-corrected chi connectivity index (χ3v) is 6.54. The van der Waals surface area contributed by atoms with Crippen molar-refractivity contribution >= 4 is 28.6 Å². The normalized spacial score (nSPS) is 14.6. The Balaban J connectivity index is 1.49. The smallest absolute Gasteiger partial charge is 0.262 e. The molecule has 6 heteroatoms. The highest BCUT2D eigenvalue weighted by Gasteiger charge is 2.28. The van der Waals surface area contributed by atoms with Crippen LogP contribution >= 0.6 is 11.8 Å². The topological polar surface area (TPSA) is 64.0 Å². The fraction of sp³-hybridized carbons (Fsp3) is 0.375. The Bertz CT molecular complexity index is 1080. The second-order valence-electron chi connectivity index (χ2n) is 7.94. The number of nitrogens with one attached hydrogen (secondary N) is 1. The highest BCUT2D eigenvalue weighted by Crippen LogP contribution is 2.32. The Hall–Kier alpha value is -2.60. The van der Waals surface area contributed by atoms with Crippen LogP contribution in [0.2, 0.25) is 0 Å². The number of hydrogen-bond acceptors (Lipinski definition) is 4. The lowest BCUT2D eigenvalue weighted by molar-refractivity contribution is -0.119. The second kappa shape index (κ2) is 9.47. The van der Waals surface area contributed by atoms with Crippen LogP contribution in [0.25, 0.3) is 10.9 Å². The SMILES string of the molecule is C[C@@H](NC(=O)CSc1nc2ccccc2c(=O)n1CCCc1ccccc1)C1CC1. The molecule has 5 nitrogen and oxygen atoms in total. The molecule has 156 valence electrons. The zero-order valence-electron chi connectivity index (χ0n) is 17.2. The molecule has 1 amide bonds. The van der Waals surface area contributed by atoms with Gasteiger partial charge < -0.3 is 5.32 Å². The summed E-state index contributed by atoms with van der Waals surface area (Å²) in [6, 6.07) is 17.9. The summed E-state index contributed by atoms with van der Waals surface area (Å²) in [5.74, 6) is 0.882. The number of aromatic nitrogens is 2. The van der Waals surface area contributed by atoms with Gasteiger partial charge in [0.25, 0.3) is 5.56 Å². The van der Waals surface area contributed by atoms with Crippen molar-refractivity contribution in [2.24, 2.45) is 5.92 Å². The Morgan fingerprint density at radius 3 is 2.67 bits per heavy atom. The van der Waals surface area contributed by atoms with E-state index in [9.17, 15) is 9.59 Å². The van der Waals surface area contributed by atoms with Gasteiger partial charge in [-0.05, 0) is 56.2 Å². The van der Waals surface area contributed by atoms with Crippen LogP contribution in [-0.4, -0.2) is 27.3 Å². The molecule has 0 saturated heterocycles. The minimum Gasteiger partial charge on any atom is -0.353 e. The first-order valence-electron chi connectivity index (χ1n) is 10.6. The molecular weight excluding hydrogens is 394 g/mol. The van der Waals surface area contributed by atoms with Gasteiger partial charge in [0.15, 0.2) is 5.16 Å². The quantitative estimate of drug-likeness (QED) is 0.418. The molecule has 0 radical (unpaired) electrons. The summed E-state index contributed by atoms with van der Waals surface area (Å²) >= 11 is 1.34. The molecule has 4 rings (SSSR count). The summed E-state index contributed by atoms with van der Waals surface area (Å²) in [5.41, 5.74) is 1.89. The van der Waals surface area contributed by atoms with Crippen molar-refractivity contribution in [2.75, 3.05) is 5.75 Å². The van der Waals surface area contributed by atoms with Gasteiger partial charge in [0.2, 0.25) is 5.91 Å². The molecule has 0 aliphatic heterocycles. The number of carbonyl (C=O) groups excluding carboxylic acids is 1. The maximum absolute atomic E-state index is 13.1. The average Bonchev–Trinajstić information content (AvgIpc) is 3.60. The van der Waals surface area contributed by atoms with Crippen LogP contribution in [0.3, 0.4) is 0 Å². The highest BCUT2D eigenvalue weighted by molar-refractivity contribution is 7.99. The predicted octanol–water partition coefficient (Wildman–Crippen LogP) is 4.04. The molecule has 1 atom stereocenters. The number of thioether (sulfide) groups is 1. The van der Waals surface area contributed by atoms with E-state index >= 15 is 0 Å². The number of aryl methyl sites for hydroxylation is 1. The molecule has 1 aromatic heterocycles. The van der Waals surface area contributed by atoms with Gasteiger partial charge in [-0.3, -0.25) is 14.2 Å². The van der Waals surface area contributed by atoms with E-state index in [1.54, 1.807) is 4.57 Å². The van der Waals surface area contributed by atoms with Gasteiger partial charge in [-0.1, -0.05) is 54.2 Å². The molecule has 1 saturated carbocycles. The van der Waals surface area contributed by atoms with Crippen LogP contribution < -0.4 is 10.9 Å². The monoisotopic (exact) mass is 421 g/mol. The van der Waals surface area contributed by atoms with Crippen LogP contribution in [0.5, 0.6) is 0 Å². The maximum Gasteiger partial charge on any atom is 0.262 e. The van der Waals surface area contributed by atoms with Crippen molar-refractivity contribution in [2.45, 2.75) is 50.4 Å². The van der Waals surface area contributed by atoms with E-state index in [2.05, 4.69) is 24.4 Å². The number of para-hydroxylation sites is 1. The van der Waals surface area contributed by atoms with Gasteiger partial charge in [0, 0.05) is 12.6 Å². The lowest BCUT2D eigenvalue weighted by Crippen LogP contribution is -2.35. The fourth-order valence-electron chi connectivity index (χ4n) is 3.68. The molecule has 30 heavy (non-hydrogen) atoms. The van der Waals surface area contributed by atoms with Crippen LogP contribution in [0.4, 0.5) is 0 Å². The first-order chi connectivity index (χ1) is 14.6. The Morgan fingerprint density at radius 1 is 1.17 bits per heavy atom. The predicted molar refractivity (Wildman–Crippen MR) is 122 cm³/mol. The number of carbonyl (C=O) groups is 1. The number of nitrogens with zero attached hydrogens (tertiary/aromatic N) is 2. The minimum absolute atomic E-state index is 0.00218. The first-order valence-corrected chi connectivity index (χ1v) is 11.6. The number of fused-ring (bicyclic) bond motifs is 1. The van der Waals surface area contributed by atoms with E-state index < -0.39 is 0 Å². The van der Waals surface area contributed by atoms with Crippen molar-refractivity contribution < 1.29 is 4.79 Å². The maximum atomic E-state index is 13.1. The van der Waals surface area contributed by atoms with Gasteiger partial charge >= 0.3 is 0 Å². The van der Waals surface area contributed by atoms with E-state index in [0.717, 1.165) is 12.8 Å². The van der Waals surface area contributed by atoms with E-state index in [1.807, 2.05) is 42.5 Å². The molecule has 0 bridgehead atoms. The lowest BCUT2D eigenvalue weighted by Gasteiger charge is -2.15. The first kappa shape index (κ1) is 20.7. The average molecular weight is 422 g/mol. The van der Waals surface area contributed by atoms with Gasteiger partial charge in [0.1, 0.15) is 0 Å². The lowest BCUT2D eigenvalue weighted by atomic mass is 10.1. The third-order valence-electron chi connectivity index (χ3n) is 5.57. The number of benzene rings is 2. The molecule has 2 aromatic carbocycles. The summed E-state index contributed by atoms with van der Waals surface area (Å²) in [5, 5.41) is 4.30. The van der Waals surface area contributed by atoms with Gasteiger partial charge in [0.05, 0.1) is 16.7 Å². The number of amides is 1. The molecule has 3 aromatic rings. The van der Waals surface area contributed by atoms with E-state index in [4.69, 9.17) is 4.98 Å². The van der Waals surface area contributed by atoms with Crippen LogP contribution in [0.1, 0.15) is 31.7 Å². The molecule has 0 spiro atoms. The van der Waals surface area contributed by atoms with Crippen LogP contribution in [0, 0.1) is 5.92 Å². The van der Waals surface area contributed by atoms with Gasteiger partial charge in [-0.15, -0.1) is 0 Å². The molecular formula is C24H27N3O2S. The Morgan fingerprint density at radius 2 is 1.90 bits per heavy atom. The van der Waals surface area contributed by atoms with Crippen LogP contribution in [0.15, 0.2) is 64.5 Å². The van der Waals surface area contributed by atoms with Crippen molar-refractivity contribution in [1.82, 2.24) is 14.9 Å². The molecule has 1 aliphatic carbocycles. The van der Waals surface area contributed by atoms with Gasteiger partial charge in [-0.2, -0.15) is 0 Å². The van der Waals surface area contributed by atoms with Crippen molar-refractivity contribution in [3.63, 3.8) is 0 Å². The zero-order valence-corrected chi connectivity index (χ0v) is 18.0.